The van der Waals surface area contributed by atoms with E-state index in [1.54, 1.807) is 12.1 Å². The Labute approximate surface area is 129 Å². The molecule has 7 heteroatoms. The Morgan fingerprint density at radius 1 is 1.29 bits per heavy atom. The minimum atomic E-state index is -3.75. The van der Waals surface area contributed by atoms with E-state index in [0.717, 1.165) is 12.1 Å². The maximum atomic E-state index is 12.3. The van der Waals surface area contributed by atoms with Gasteiger partial charge in [0.15, 0.2) is 0 Å². The van der Waals surface area contributed by atoms with Crippen molar-refractivity contribution in [1.82, 2.24) is 9.88 Å². The molecule has 0 bridgehead atoms. The quantitative estimate of drug-likeness (QED) is 0.918. The van der Waals surface area contributed by atoms with Crippen molar-refractivity contribution in [2.45, 2.75) is 11.4 Å². The molecule has 0 aliphatic rings. The molecule has 2 aromatic rings. The smallest absolute Gasteiger partial charge is 0.264 e. The van der Waals surface area contributed by atoms with Crippen LogP contribution in [0.5, 0.6) is 0 Å². The maximum Gasteiger partial charge on any atom is 0.264 e. The average Bonchev–Trinajstić information content (AvgIpc) is 2.38. The van der Waals surface area contributed by atoms with Gasteiger partial charge in [0.2, 0.25) is 0 Å². The zero-order chi connectivity index (χ0) is 15.5. The van der Waals surface area contributed by atoms with Gasteiger partial charge >= 0.3 is 0 Å². The van der Waals surface area contributed by atoms with Gasteiger partial charge in [-0.1, -0.05) is 23.7 Å². The number of halogens is 1. The van der Waals surface area contributed by atoms with E-state index in [4.69, 9.17) is 11.6 Å². The number of sulfonamides is 1. The standard InChI is InChI=1S/C14H16ClN3O2S/c1-18(2)10-11-4-3-5-12(8-11)17-21(19,20)14-9-16-7-6-13(14)15/h3-9,17H,10H2,1-2H3. The number of anilines is 1. The highest BCUT2D eigenvalue weighted by Gasteiger charge is 2.18. The molecule has 112 valence electrons. The molecule has 0 atom stereocenters. The van der Waals surface area contributed by atoms with E-state index in [-0.39, 0.29) is 9.92 Å². The lowest BCUT2D eigenvalue weighted by Gasteiger charge is -2.12. The largest absolute Gasteiger partial charge is 0.305 e. The summed E-state index contributed by atoms with van der Waals surface area (Å²) in [6, 6.07) is 8.68. The van der Waals surface area contributed by atoms with Crippen molar-refractivity contribution in [2.24, 2.45) is 0 Å². The molecule has 0 aliphatic heterocycles. The summed E-state index contributed by atoms with van der Waals surface area (Å²) in [5.74, 6) is 0. The summed E-state index contributed by atoms with van der Waals surface area (Å²) in [5.41, 5.74) is 1.51. The molecule has 1 aromatic carbocycles. The number of benzene rings is 1. The topological polar surface area (TPSA) is 62.3 Å². The fraction of sp³-hybridized carbons (Fsp3) is 0.214. The lowest BCUT2D eigenvalue weighted by atomic mass is 10.2. The van der Waals surface area contributed by atoms with Crippen LogP contribution in [0.1, 0.15) is 5.56 Å². The number of hydrogen-bond acceptors (Lipinski definition) is 4. The van der Waals surface area contributed by atoms with Crippen molar-refractivity contribution in [3.8, 4) is 0 Å². The zero-order valence-electron chi connectivity index (χ0n) is 11.7. The van der Waals surface area contributed by atoms with E-state index < -0.39 is 10.0 Å². The highest BCUT2D eigenvalue weighted by atomic mass is 35.5. The van der Waals surface area contributed by atoms with Crippen LogP contribution in [0.25, 0.3) is 0 Å². The molecule has 5 nitrogen and oxygen atoms in total. The van der Waals surface area contributed by atoms with E-state index in [2.05, 4.69) is 9.71 Å². The summed E-state index contributed by atoms with van der Waals surface area (Å²) in [4.78, 5) is 5.77. The normalized spacial score (nSPS) is 11.6. The van der Waals surface area contributed by atoms with Crippen LogP contribution in [-0.4, -0.2) is 32.4 Å². The molecule has 0 radical (unpaired) electrons. The molecule has 0 saturated carbocycles. The molecule has 1 aromatic heterocycles. The second kappa shape index (κ2) is 6.43. The van der Waals surface area contributed by atoms with Crippen LogP contribution < -0.4 is 4.72 Å². The van der Waals surface area contributed by atoms with Gasteiger partial charge in [-0.2, -0.15) is 0 Å². The van der Waals surface area contributed by atoms with Gasteiger partial charge in [-0.3, -0.25) is 9.71 Å². The first-order valence-corrected chi connectivity index (χ1v) is 8.10. The highest BCUT2D eigenvalue weighted by molar-refractivity contribution is 7.92. The number of pyridine rings is 1. The summed E-state index contributed by atoms with van der Waals surface area (Å²) >= 11 is 5.91. The van der Waals surface area contributed by atoms with Gasteiger partial charge in [-0.15, -0.1) is 0 Å². The number of nitrogens with one attached hydrogen (secondary N) is 1. The SMILES string of the molecule is CN(C)Cc1cccc(NS(=O)(=O)c2cnccc2Cl)c1. The van der Waals surface area contributed by atoms with Crippen LogP contribution in [0.3, 0.4) is 0 Å². The molecule has 0 aliphatic carbocycles. The summed E-state index contributed by atoms with van der Waals surface area (Å²) in [6.45, 7) is 0.725. The number of hydrogen-bond donors (Lipinski definition) is 1. The first-order valence-electron chi connectivity index (χ1n) is 6.24. The van der Waals surface area contributed by atoms with Crippen LogP contribution in [0.15, 0.2) is 47.6 Å². The second-order valence-electron chi connectivity index (χ2n) is 4.85. The predicted octanol–water partition coefficient (Wildman–Crippen LogP) is 2.60. The highest BCUT2D eigenvalue weighted by Crippen LogP contribution is 2.22. The number of rotatable bonds is 5. The molecule has 1 N–H and O–H groups in total. The summed E-state index contributed by atoms with van der Waals surface area (Å²) < 4.78 is 27.1. The van der Waals surface area contributed by atoms with Crippen molar-refractivity contribution in [3.63, 3.8) is 0 Å². The molecule has 0 amide bonds. The Hall–Kier alpha value is -1.63. The van der Waals surface area contributed by atoms with Crippen molar-refractivity contribution < 1.29 is 8.42 Å². The predicted molar refractivity (Wildman–Crippen MR) is 83.9 cm³/mol. The fourth-order valence-electron chi connectivity index (χ4n) is 1.87. The zero-order valence-corrected chi connectivity index (χ0v) is 13.3. The van der Waals surface area contributed by atoms with Crippen LogP contribution >= 0.6 is 11.6 Å². The minimum absolute atomic E-state index is 0.0373. The molecular weight excluding hydrogens is 310 g/mol. The molecule has 0 fully saturated rings. The van der Waals surface area contributed by atoms with Crippen molar-refractivity contribution in [1.29, 1.82) is 0 Å². The lowest BCUT2D eigenvalue weighted by molar-refractivity contribution is 0.402. The summed E-state index contributed by atoms with van der Waals surface area (Å²) in [6.07, 6.45) is 2.67. The van der Waals surface area contributed by atoms with E-state index >= 15 is 0 Å². The van der Waals surface area contributed by atoms with Gasteiger partial charge in [-0.05, 0) is 37.9 Å². The summed E-state index contributed by atoms with van der Waals surface area (Å²) in [7, 11) is 0.154. The van der Waals surface area contributed by atoms with Gasteiger partial charge in [0, 0.05) is 24.6 Å². The Balaban J connectivity index is 2.27. The Kier molecular flexibility index (Phi) is 4.82. The fourth-order valence-corrected chi connectivity index (χ4v) is 3.35. The Morgan fingerprint density at radius 2 is 2.05 bits per heavy atom. The third-order valence-electron chi connectivity index (χ3n) is 2.70. The number of nitrogens with zero attached hydrogens (tertiary/aromatic N) is 2. The minimum Gasteiger partial charge on any atom is -0.305 e. The van der Waals surface area contributed by atoms with Gasteiger partial charge in [0.05, 0.1) is 5.02 Å². The van der Waals surface area contributed by atoms with E-state index in [9.17, 15) is 8.42 Å². The molecule has 0 saturated heterocycles. The van der Waals surface area contributed by atoms with Gasteiger partial charge < -0.3 is 4.90 Å². The third kappa shape index (κ3) is 4.17. The van der Waals surface area contributed by atoms with Gasteiger partial charge in [0.25, 0.3) is 10.0 Å². The second-order valence-corrected chi connectivity index (χ2v) is 6.91. The number of aromatic nitrogens is 1. The Bertz CT molecular complexity index is 733. The van der Waals surface area contributed by atoms with Crippen molar-refractivity contribution in [3.05, 3.63) is 53.3 Å². The maximum absolute atomic E-state index is 12.3. The van der Waals surface area contributed by atoms with Gasteiger partial charge in [0.1, 0.15) is 4.90 Å². The van der Waals surface area contributed by atoms with E-state index in [1.165, 1.54) is 18.5 Å². The van der Waals surface area contributed by atoms with Crippen molar-refractivity contribution >= 4 is 27.3 Å². The van der Waals surface area contributed by atoms with Crippen LogP contribution in [0.2, 0.25) is 5.02 Å². The van der Waals surface area contributed by atoms with Crippen LogP contribution in [-0.2, 0) is 16.6 Å². The molecule has 1 heterocycles. The molecule has 0 unspecified atom stereocenters. The average molecular weight is 326 g/mol. The van der Waals surface area contributed by atoms with Gasteiger partial charge in [-0.25, -0.2) is 8.42 Å². The Morgan fingerprint density at radius 3 is 2.71 bits per heavy atom. The van der Waals surface area contributed by atoms with E-state index in [0.29, 0.717) is 5.69 Å². The first kappa shape index (κ1) is 15.8. The summed E-state index contributed by atoms with van der Waals surface area (Å²) in [5, 5.41) is 0.141. The van der Waals surface area contributed by atoms with Crippen LogP contribution in [0, 0.1) is 0 Å². The molecule has 2 rings (SSSR count). The van der Waals surface area contributed by atoms with E-state index in [1.807, 2.05) is 31.1 Å². The monoisotopic (exact) mass is 325 g/mol. The lowest BCUT2D eigenvalue weighted by Crippen LogP contribution is -2.14. The molecular formula is C14H16ClN3O2S. The molecule has 0 spiro atoms. The molecule has 21 heavy (non-hydrogen) atoms. The van der Waals surface area contributed by atoms with Crippen molar-refractivity contribution in [2.75, 3.05) is 18.8 Å². The third-order valence-corrected chi connectivity index (χ3v) is 4.55. The first-order chi connectivity index (χ1) is 9.88. The van der Waals surface area contributed by atoms with Crippen LogP contribution in [0.4, 0.5) is 5.69 Å².